The summed E-state index contributed by atoms with van der Waals surface area (Å²) in [6.45, 7) is -1.02. The van der Waals surface area contributed by atoms with Crippen molar-refractivity contribution in [2.75, 3.05) is 13.2 Å². The maximum Gasteiger partial charge on any atom is 0.326 e. The average molecular weight is 502 g/mol. The third-order valence-electron chi connectivity index (χ3n) is 7.87. The molecule has 1 heterocycles. The van der Waals surface area contributed by atoms with Gasteiger partial charge in [0.05, 0.1) is 16.8 Å². The molecule has 37 heavy (non-hydrogen) atoms. The number of nitro groups is 1. The molecule has 6 atom stereocenters. The number of non-ortho nitro benzene ring substituents is 1. The fourth-order valence-corrected chi connectivity index (χ4v) is 6.06. The summed E-state index contributed by atoms with van der Waals surface area (Å²) in [5.41, 5.74) is 0.227. The summed E-state index contributed by atoms with van der Waals surface area (Å²) >= 11 is 0. The SMILES string of the molecule is O=C(CN1C(=O)[C@@H]2[C@H]3C=C[C@H]([C@H]4C[C@H]34)[C@@H]2C1=O)OCC(=O)c1ccc(Oc2ccc([N+](=O)[O-])cc2)cc1. The monoisotopic (exact) mass is 502 g/mol. The predicted octanol–water partition coefficient (Wildman–Crippen LogP) is 3.17. The van der Waals surface area contributed by atoms with Gasteiger partial charge in [-0.25, -0.2) is 0 Å². The quantitative estimate of drug-likeness (QED) is 0.134. The summed E-state index contributed by atoms with van der Waals surface area (Å²) in [6.07, 6.45) is 5.19. The van der Waals surface area contributed by atoms with Gasteiger partial charge in [0.15, 0.2) is 12.4 Å². The number of rotatable bonds is 8. The lowest BCUT2D eigenvalue weighted by Gasteiger charge is -2.37. The van der Waals surface area contributed by atoms with Crippen molar-refractivity contribution in [3.05, 3.63) is 76.4 Å². The van der Waals surface area contributed by atoms with Crippen LogP contribution in [0, 0.1) is 45.6 Å². The number of likely N-dealkylation sites (tertiary alicyclic amines) is 1. The molecule has 3 fully saturated rings. The molecule has 0 aromatic heterocycles. The van der Waals surface area contributed by atoms with Crippen LogP contribution in [0.15, 0.2) is 60.7 Å². The lowest BCUT2D eigenvalue weighted by Crippen LogP contribution is -2.40. The number of nitro benzene ring substituents is 1. The molecular weight excluding hydrogens is 480 g/mol. The molecule has 2 aromatic carbocycles. The molecule has 4 aliphatic carbocycles. The Balaban J connectivity index is 1.01. The van der Waals surface area contributed by atoms with Crippen molar-refractivity contribution in [1.29, 1.82) is 0 Å². The van der Waals surface area contributed by atoms with E-state index in [0.717, 1.165) is 11.3 Å². The molecule has 2 amide bonds. The molecule has 1 saturated heterocycles. The maximum absolute atomic E-state index is 13.0. The smallest absolute Gasteiger partial charge is 0.326 e. The lowest BCUT2D eigenvalue weighted by atomic mass is 9.63. The molecule has 2 aromatic rings. The summed E-state index contributed by atoms with van der Waals surface area (Å²) < 4.78 is 10.7. The van der Waals surface area contributed by atoms with E-state index in [1.54, 1.807) is 12.1 Å². The van der Waals surface area contributed by atoms with Crippen LogP contribution in [0.4, 0.5) is 5.69 Å². The van der Waals surface area contributed by atoms with E-state index in [9.17, 15) is 29.3 Å². The van der Waals surface area contributed by atoms with Crippen LogP contribution in [0.3, 0.4) is 0 Å². The topological polar surface area (TPSA) is 133 Å². The minimum absolute atomic E-state index is 0.0553. The van der Waals surface area contributed by atoms with Gasteiger partial charge in [-0.1, -0.05) is 12.2 Å². The number of nitrogens with zero attached hydrogens (tertiary/aromatic N) is 2. The lowest BCUT2D eigenvalue weighted by molar-refractivity contribution is -0.384. The van der Waals surface area contributed by atoms with E-state index in [0.29, 0.717) is 23.3 Å². The average Bonchev–Trinajstić information content (AvgIpc) is 3.69. The van der Waals surface area contributed by atoms with Gasteiger partial charge in [-0.15, -0.1) is 0 Å². The van der Waals surface area contributed by atoms with Gasteiger partial charge in [0.2, 0.25) is 11.8 Å². The number of hydrogen-bond acceptors (Lipinski definition) is 8. The molecule has 0 spiro atoms. The first kappa shape index (κ1) is 23.1. The molecule has 188 valence electrons. The number of imide groups is 1. The van der Waals surface area contributed by atoms with E-state index in [4.69, 9.17) is 9.47 Å². The second-order valence-corrected chi connectivity index (χ2v) is 9.88. The van der Waals surface area contributed by atoms with Crippen LogP contribution in [0.1, 0.15) is 16.8 Å². The van der Waals surface area contributed by atoms with Crippen LogP contribution in [0.2, 0.25) is 0 Å². The van der Waals surface area contributed by atoms with Crippen molar-refractivity contribution in [3.8, 4) is 11.5 Å². The molecule has 0 radical (unpaired) electrons. The highest BCUT2D eigenvalue weighted by atomic mass is 16.6. The second kappa shape index (κ2) is 8.65. The normalized spacial score (nSPS) is 28.5. The molecule has 0 N–H and O–H groups in total. The van der Waals surface area contributed by atoms with E-state index < -0.39 is 29.8 Å². The van der Waals surface area contributed by atoms with Crippen molar-refractivity contribution >= 4 is 29.3 Å². The molecule has 2 saturated carbocycles. The first-order chi connectivity index (χ1) is 17.8. The molecular formula is C27H22N2O8. The Morgan fingerprint density at radius 3 is 1.97 bits per heavy atom. The van der Waals surface area contributed by atoms with Gasteiger partial charge in [0, 0.05) is 17.7 Å². The van der Waals surface area contributed by atoms with Crippen molar-refractivity contribution in [3.63, 3.8) is 0 Å². The van der Waals surface area contributed by atoms with Crippen molar-refractivity contribution < 1.29 is 33.6 Å². The molecule has 2 bridgehead atoms. The largest absolute Gasteiger partial charge is 0.457 e. The van der Waals surface area contributed by atoms with Crippen LogP contribution in [0.5, 0.6) is 11.5 Å². The highest BCUT2D eigenvalue weighted by molar-refractivity contribution is 6.08. The summed E-state index contributed by atoms with van der Waals surface area (Å²) in [6, 6.07) is 11.7. The van der Waals surface area contributed by atoms with Gasteiger partial charge in [-0.05, 0) is 66.5 Å². The number of amides is 2. The fourth-order valence-electron chi connectivity index (χ4n) is 6.06. The zero-order valence-electron chi connectivity index (χ0n) is 19.5. The zero-order valence-corrected chi connectivity index (χ0v) is 19.5. The van der Waals surface area contributed by atoms with E-state index in [-0.39, 0.29) is 46.7 Å². The third-order valence-corrected chi connectivity index (χ3v) is 7.87. The Kier molecular flexibility index (Phi) is 5.40. The molecule has 10 heteroatoms. The number of ether oxygens (including phenoxy) is 2. The Bertz CT molecular complexity index is 1310. The van der Waals surface area contributed by atoms with Gasteiger partial charge < -0.3 is 9.47 Å². The van der Waals surface area contributed by atoms with Crippen LogP contribution in [-0.4, -0.2) is 46.5 Å². The second-order valence-electron chi connectivity index (χ2n) is 9.88. The van der Waals surface area contributed by atoms with Crippen molar-refractivity contribution in [1.82, 2.24) is 4.90 Å². The first-order valence-electron chi connectivity index (χ1n) is 12.1. The van der Waals surface area contributed by atoms with E-state index in [2.05, 4.69) is 12.2 Å². The highest BCUT2D eigenvalue weighted by Crippen LogP contribution is 2.65. The Hall–Kier alpha value is -4.34. The highest BCUT2D eigenvalue weighted by Gasteiger charge is 2.67. The van der Waals surface area contributed by atoms with E-state index >= 15 is 0 Å². The Morgan fingerprint density at radius 2 is 1.43 bits per heavy atom. The summed E-state index contributed by atoms with van der Waals surface area (Å²) in [4.78, 5) is 62.1. The number of hydrogen-bond donors (Lipinski definition) is 0. The van der Waals surface area contributed by atoms with E-state index in [1.165, 1.54) is 36.4 Å². The van der Waals surface area contributed by atoms with Gasteiger partial charge in [-0.3, -0.25) is 34.2 Å². The summed E-state index contributed by atoms with van der Waals surface area (Å²) in [5.74, 6) is -0.744. The van der Waals surface area contributed by atoms with Crippen LogP contribution < -0.4 is 4.74 Å². The van der Waals surface area contributed by atoms with Gasteiger partial charge >= 0.3 is 5.97 Å². The van der Waals surface area contributed by atoms with Crippen molar-refractivity contribution in [2.45, 2.75) is 6.42 Å². The number of carbonyl (C=O) groups is 4. The Labute approximate surface area is 211 Å². The molecule has 1 aliphatic heterocycles. The fraction of sp³-hybridized carbons (Fsp3) is 0.333. The summed E-state index contributed by atoms with van der Waals surface area (Å²) in [7, 11) is 0. The number of ketones is 1. The van der Waals surface area contributed by atoms with Gasteiger partial charge in [0.1, 0.15) is 18.0 Å². The van der Waals surface area contributed by atoms with Crippen LogP contribution in [0.25, 0.3) is 0 Å². The molecule has 10 nitrogen and oxygen atoms in total. The van der Waals surface area contributed by atoms with Crippen LogP contribution in [-0.2, 0) is 19.1 Å². The molecule has 0 unspecified atom stereocenters. The number of carbonyl (C=O) groups excluding carboxylic acids is 4. The third kappa shape index (κ3) is 3.98. The predicted molar refractivity (Wildman–Crippen MR) is 126 cm³/mol. The zero-order chi connectivity index (χ0) is 25.8. The summed E-state index contributed by atoms with van der Waals surface area (Å²) in [5, 5.41) is 10.7. The number of esters is 1. The van der Waals surface area contributed by atoms with Crippen molar-refractivity contribution in [2.24, 2.45) is 35.5 Å². The molecule has 5 aliphatic rings. The van der Waals surface area contributed by atoms with Gasteiger partial charge in [-0.2, -0.15) is 0 Å². The maximum atomic E-state index is 13.0. The minimum Gasteiger partial charge on any atom is -0.457 e. The number of allylic oxidation sites excluding steroid dienone is 2. The van der Waals surface area contributed by atoms with E-state index in [1.807, 2.05) is 0 Å². The standard InChI is InChI=1S/C27H22N2O8/c30-22(14-1-5-16(6-2-14)37-17-7-3-15(4-8-17)29(34)35)13-36-23(31)12-28-26(32)24-18-9-10-19(21-11-20(18)21)25(24)27(28)33/h1-10,18-21,24-25H,11-13H2/t18-,19+,20-,21-,24+,25-/m1/s1. The van der Waals surface area contributed by atoms with Gasteiger partial charge in [0.25, 0.3) is 5.69 Å². The number of benzene rings is 2. The molecule has 7 rings (SSSR count). The van der Waals surface area contributed by atoms with Crippen LogP contribution >= 0.6 is 0 Å². The number of Topliss-reactive ketones (excluding diaryl/α,β-unsaturated/α-hetero) is 1. The first-order valence-corrected chi connectivity index (χ1v) is 12.1. The minimum atomic E-state index is -0.808. The Morgan fingerprint density at radius 1 is 0.892 bits per heavy atom.